The van der Waals surface area contributed by atoms with E-state index in [9.17, 15) is 0 Å². The van der Waals surface area contributed by atoms with E-state index in [1.54, 1.807) is 0 Å². The van der Waals surface area contributed by atoms with Gasteiger partial charge in [0.15, 0.2) is 5.90 Å². The van der Waals surface area contributed by atoms with Gasteiger partial charge in [0, 0.05) is 6.42 Å². The number of nitrogens with zero attached hydrogens (tertiary/aromatic N) is 1. The zero-order valence-electron chi connectivity index (χ0n) is 12.9. The highest BCUT2D eigenvalue weighted by Gasteiger charge is 2.45. The molecule has 0 aromatic heterocycles. The van der Waals surface area contributed by atoms with Gasteiger partial charge >= 0.3 is 0 Å². The van der Waals surface area contributed by atoms with Crippen LogP contribution in [0.5, 0.6) is 0 Å². The third-order valence-electron chi connectivity index (χ3n) is 4.70. The van der Waals surface area contributed by atoms with Gasteiger partial charge in [-0.25, -0.2) is 4.99 Å². The van der Waals surface area contributed by atoms with E-state index in [1.165, 1.54) is 31.2 Å². The fourth-order valence-corrected chi connectivity index (χ4v) is 3.86. The smallest absolute Gasteiger partial charge is 0.194 e. The topological polar surface area (TPSA) is 21.6 Å². The van der Waals surface area contributed by atoms with Crippen molar-refractivity contribution in [1.29, 1.82) is 0 Å². The minimum absolute atomic E-state index is 0.00261. The van der Waals surface area contributed by atoms with Gasteiger partial charge in [0.05, 0.1) is 17.1 Å². The zero-order chi connectivity index (χ0) is 14.2. The largest absolute Gasteiger partial charge is 0.477 e. The lowest BCUT2D eigenvalue weighted by molar-refractivity contribution is 0.126. The maximum Gasteiger partial charge on any atom is 0.194 e. The Hall–Kier alpha value is -1.31. The summed E-state index contributed by atoms with van der Waals surface area (Å²) < 4.78 is 6.21. The van der Waals surface area contributed by atoms with Gasteiger partial charge in [-0.05, 0) is 39.2 Å². The van der Waals surface area contributed by atoms with Gasteiger partial charge < -0.3 is 4.74 Å². The van der Waals surface area contributed by atoms with Gasteiger partial charge in [0.2, 0.25) is 0 Å². The average molecular weight is 271 g/mol. The summed E-state index contributed by atoms with van der Waals surface area (Å²) >= 11 is 0. The summed E-state index contributed by atoms with van der Waals surface area (Å²) in [6, 6.07) is 10.8. The highest BCUT2D eigenvalue weighted by molar-refractivity contribution is 5.89. The maximum absolute atomic E-state index is 6.21. The second kappa shape index (κ2) is 4.91. The number of hydrogen-bond acceptors (Lipinski definition) is 2. The maximum atomic E-state index is 6.21. The Morgan fingerprint density at radius 3 is 2.35 bits per heavy atom. The minimum atomic E-state index is -0.00261. The monoisotopic (exact) mass is 271 g/mol. The van der Waals surface area contributed by atoms with Crippen LogP contribution >= 0.6 is 0 Å². The molecule has 1 aromatic carbocycles. The molecule has 1 aliphatic heterocycles. The number of ether oxygens (including phenoxy) is 1. The van der Waals surface area contributed by atoms with Crippen LogP contribution in [0.15, 0.2) is 35.3 Å². The first-order chi connectivity index (χ1) is 9.52. The van der Waals surface area contributed by atoms with Crippen LogP contribution in [0.1, 0.15) is 58.4 Å². The van der Waals surface area contributed by atoms with Gasteiger partial charge in [-0.1, -0.05) is 43.2 Å². The summed E-state index contributed by atoms with van der Waals surface area (Å²) in [4.78, 5) is 4.99. The molecule has 1 aliphatic carbocycles. The van der Waals surface area contributed by atoms with Crippen molar-refractivity contribution in [3.05, 3.63) is 35.9 Å². The predicted octanol–water partition coefficient (Wildman–Crippen LogP) is 4.48. The Labute approximate surface area is 122 Å². The third-order valence-corrected chi connectivity index (χ3v) is 4.70. The van der Waals surface area contributed by atoms with Gasteiger partial charge in [-0.3, -0.25) is 0 Å². The molecule has 2 aliphatic rings. The van der Waals surface area contributed by atoms with Crippen molar-refractivity contribution < 1.29 is 4.74 Å². The van der Waals surface area contributed by atoms with Gasteiger partial charge in [-0.2, -0.15) is 0 Å². The number of rotatable bonds is 2. The SMILES string of the molecule is CC1CC(C)(C)N=C(C2(c3ccccc3)CCCC2)O1. The van der Waals surface area contributed by atoms with Crippen LogP contribution in [0.3, 0.4) is 0 Å². The van der Waals surface area contributed by atoms with E-state index >= 15 is 0 Å². The molecule has 2 heteroatoms. The normalized spacial score (nSPS) is 27.8. The van der Waals surface area contributed by atoms with E-state index in [0.717, 1.165) is 12.3 Å². The molecule has 108 valence electrons. The molecular weight excluding hydrogens is 246 g/mol. The fourth-order valence-electron chi connectivity index (χ4n) is 3.86. The number of benzene rings is 1. The van der Waals surface area contributed by atoms with Crippen LogP contribution in [-0.4, -0.2) is 17.5 Å². The average Bonchev–Trinajstić information content (AvgIpc) is 2.88. The Balaban J connectivity index is 2.06. The molecule has 0 saturated heterocycles. The molecule has 3 rings (SSSR count). The first kappa shape index (κ1) is 13.7. The van der Waals surface area contributed by atoms with Crippen molar-refractivity contribution in [2.24, 2.45) is 4.99 Å². The molecule has 0 amide bonds. The Morgan fingerprint density at radius 2 is 1.75 bits per heavy atom. The summed E-state index contributed by atoms with van der Waals surface area (Å²) in [5, 5.41) is 0. The zero-order valence-corrected chi connectivity index (χ0v) is 12.9. The lowest BCUT2D eigenvalue weighted by Crippen LogP contribution is -2.43. The van der Waals surface area contributed by atoms with Crippen molar-refractivity contribution in [2.75, 3.05) is 0 Å². The molecule has 1 unspecified atom stereocenters. The molecule has 0 radical (unpaired) electrons. The molecular formula is C18H25NO. The highest BCUT2D eigenvalue weighted by atomic mass is 16.5. The van der Waals surface area contributed by atoms with Gasteiger partial charge in [-0.15, -0.1) is 0 Å². The number of hydrogen-bond donors (Lipinski definition) is 0. The summed E-state index contributed by atoms with van der Waals surface area (Å²) in [6.07, 6.45) is 6.13. The van der Waals surface area contributed by atoms with E-state index in [0.29, 0.717) is 0 Å². The quantitative estimate of drug-likeness (QED) is 0.777. The molecule has 0 spiro atoms. The number of aliphatic imine (C=N–C) groups is 1. The second-order valence-corrected chi connectivity index (χ2v) is 7.02. The second-order valence-electron chi connectivity index (χ2n) is 7.02. The molecule has 2 nitrogen and oxygen atoms in total. The van der Waals surface area contributed by atoms with E-state index < -0.39 is 0 Å². The molecule has 1 saturated carbocycles. The van der Waals surface area contributed by atoms with E-state index in [2.05, 4.69) is 51.1 Å². The Bertz CT molecular complexity index is 497. The van der Waals surface area contributed by atoms with Crippen molar-refractivity contribution in [3.8, 4) is 0 Å². The van der Waals surface area contributed by atoms with E-state index in [-0.39, 0.29) is 17.1 Å². The van der Waals surface area contributed by atoms with Crippen molar-refractivity contribution in [2.45, 2.75) is 69.9 Å². The van der Waals surface area contributed by atoms with Gasteiger partial charge in [0.1, 0.15) is 0 Å². The molecule has 1 atom stereocenters. The van der Waals surface area contributed by atoms with Crippen LogP contribution in [0.25, 0.3) is 0 Å². The third kappa shape index (κ3) is 2.36. The summed E-state index contributed by atoms with van der Waals surface area (Å²) in [5.74, 6) is 0.991. The molecule has 0 bridgehead atoms. The lowest BCUT2D eigenvalue weighted by atomic mass is 9.77. The van der Waals surface area contributed by atoms with Crippen molar-refractivity contribution in [1.82, 2.24) is 0 Å². The molecule has 1 fully saturated rings. The van der Waals surface area contributed by atoms with Crippen LogP contribution in [0, 0.1) is 0 Å². The molecule has 1 heterocycles. The van der Waals surface area contributed by atoms with Crippen LogP contribution in [0.2, 0.25) is 0 Å². The summed E-state index contributed by atoms with van der Waals surface area (Å²) in [7, 11) is 0. The summed E-state index contributed by atoms with van der Waals surface area (Å²) in [6.45, 7) is 6.61. The predicted molar refractivity (Wildman–Crippen MR) is 83.3 cm³/mol. The Kier molecular flexibility index (Phi) is 3.35. The highest BCUT2D eigenvalue weighted by Crippen LogP contribution is 2.45. The van der Waals surface area contributed by atoms with Crippen LogP contribution in [0.4, 0.5) is 0 Å². The molecule has 1 aromatic rings. The van der Waals surface area contributed by atoms with Crippen LogP contribution in [-0.2, 0) is 10.2 Å². The van der Waals surface area contributed by atoms with Crippen molar-refractivity contribution in [3.63, 3.8) is 0 Å². The molecule has 20 heavy (non-hydrogen) atoms. The van der Waals surface area contributed by atoms with E-state index in [4.69, 9.17) is 9.73 Å². The Morgan fingerprint density at radius 1 is 1.10 bits per heavy atom. The summed E-state index contributed by atoms with van der Waals surface area (Å²) in [5.41, 5.74) is 1.39. The minimum Gasteiger partial charge on any atom is -0.477 e. The van der Waals surface area contributed by atoms with Crippen LogP contribution < -0.4 is 0 Å². The van der Waals surface area contributed by atoms with Gasteiger partial charge in [0.25, 0.3) is 0 Å². The fraction of sp³-hybridized carbons (Fsp3) is 0.611. The first-order valence-corrected chi connectivity index (χ1v) is 7.84. The molecule has 0 N–H and O–H groups in total. The lowest BCUT2D eigenvalue weighted by Gasteiger charge is -2.39. The standard InChI is InChI=1S/C18H25NO/c1-14-13-17(2,3)19-16(20-14)18(11-7-8-12-18)15-9-5-4-6-10-15/h4-6,9-10,14H,7-8,11-13H2,1-3H3. The van der Waals surface area contributed by atoms with E-state index in [1.807, 2.05) is 0 Å². The van der Waals surface area contributed by atoms with Crippen molar-refractivity contribution >= 4 is 5.90 Å². The first-order valence-electron chi connectivity index (χ1n) is 7.84.